The first-order valence-electron chi connectivity index (χ1n) is 7.93. The normalized spacial score (nSPS) is 11.6. The number of fused-ring (bicyclic) bond motifs is 1. The second-order valence-electron chi connectivity index (χ2n) is 5.80. The molecule has 0 bridgehead atoms. The van der Waals surface area contributed by atoms with Crippen LogP contribution in [0.5, 0.6) is 11.5 Å². The lowest BCUT2D eigenvalue weighted by molar-refractivity contribution is 0.102. The Hall–Kier alpha value is -3.34. The van der Waals surface area contributed by atoms with E-state index >= 15 is 0 Å². The summed E-state index contributed by atoms with van der Waals surface area (Å²) in [6.07, 6.45) is 3.28. The molecular formula is C21H20N2O3. The Morgan fingerprint density at radius 3 is 2.65 bits per heavy atom. The lowest BCUT2D eigenvalue weighted by Crippen LogP contribution is -2.13. The third-order valence-electron chi connectivity index (χ3n) is 4.10. The highest BCUT2D eigenvalue weighted by Crippen LogP contribution is 2.35. The summed E-state index contributed by atoms with van der Waals surface area (Å²) in [6.45, 7) is 2.19. The van der Waals surface area contributed by atoms with Crippen LogP contribution < -0.4 is 14.8 Å². The number of para-hydroxylation sites is 1. The highest BCUT2D eigenvalue weighted by Gasteiger charge is 2.15. The monoisotopic (exact) mass is 348 g/mol. The Bertz CT molecular complexity index is 953. The number of ether oxygens (including phenoxy) is 2. The SMILES string of the molecule is C.Cc1ccccc1NC(=O)c1cncc(-c2ccc3c(c2)OCO3)c1. The molecule has 26 heavy (non-hydrogen) atoms. The number of rotatable bonds is 3. The number of amides is 1. The molecule has 1 aromatic heterocycles. The largest absolute Gasteiger partial charge is 0.454 e. The lowest BCUT2D eigenvalue weighted by Gasteiger charge is -2.09. The quantitative estimate of drug-likeness (QED) is 0.747. The first-order valence-corrected chi connectivity index (χ1v) is 7.93. The standard InChI is InChI=1S/C20H16N2O3.CH4/c1-13-4-2-3-5-17(13)22-20(23)16-8-15(10-21-11-16)14-6-7-18-19(9-14)25-12-24-18;/h2-11H,12H2,1H3,(H,22,23);1H4. The minimum atomic E-state index is -0.190. The van der Waals surface area contributed by atoms with Gasteiger partial charge in [-0.15, -0.1) is 0 Å². The molecule has 2 aromatic carbocycles. The molecule has 1 aliphatic heterocycles. The summed E-state index contributed by atoms with van der Waals surface area (Å²) in [5.41, 5.74) is 4.06. The van der Waals surface area contributed by atoms with Crippen molar-refractivity contribution in [1.82, 2.24) is 4.98 Å². The van der Waals surface area contributed by atoms with E-state index in [0.29, 0.717) is 11.3 Å². The number of pyridine rings is 1. The van der Waals surface area contributed by atoms with Crippen molar-refractivity contribution in [2.45, 2.75) is 14.4 Å². The number of carbonyl (C=O) groups is 1. The first-order chi connectivity index (χ1) is 12.2. The number of aromatic nitrogens is 1. The maximum atomic E-state index is 12.5. The van der Waals surface area contributed by atoms with E-state index in [1.54, 1.807) is 12.4 Å². The van der Waals surface area contributed by atoms with Crippen LogP contribution in [0.15, 0.2) is 60.9 Å². The predicted octanol–water partition coefficient (Wildman–Crippen LogP) is 4.67. The van der Waals surface area contributed by atoms with Crippen LogP contribution in [0.25, 0.3) is 11.1 Å². The molecule has 2 heterocycles. The summed E-state index contributed by atoms with van der Waals surface area (Å²) in [7, 11) is 0. The molecule has 0 spiro atoms. The van der Waals surface area contributed by atoms with Crippen molar-refractivity contribution in [3.63, 3.8) is 0 Å². The van der Waals surface area contributed by atoms with Crippen LogP contribution >= 0.6 is 0 Å². The van der Waals surface area contributed by atoms with Gasteiger partial charge >= 0.3 is 0 Å². The van der Waals surface area contributed by atoms with Crippen molar-refractivity contribution < 1.29 is 14.3 Å². The Labute approximate surface area is 152 Å². The Morgan fingerprint density at radius 2 is 1.81 bits per heavy atom. The molecule has 132 valence electrons. The van der Waals surface area contributed by atoms with E-state index in [-0.39, 0.29) is 20.1 Å². The van der Waals surface area contributed by atoms with E-state index in [9.17, 15) is 4.79 Å². The van der Waals surface area contributed by atoms with E-state index in [1.165, 1.54) is 0 Å². The molecule has 0 saturated heterocycles. The summed E-state index contributed by atoms with van der Waals surface area (Å²) >= 11 is 0. The van der Waals surface area contributed by atoms with Gasteiger partial charge < -0.3 is 14.8 Å². The Kier molecular flexibility index (Phi) is 4.89. The summed E-state index contributed by atoms with van der Waals surface area (Å²) < 4.78 is 10.7. The molecule has 0 atom stereocenters. The first kappa shape index (κ1) is 17.5. The van der Waals surface area contributed by atoms with Crippen LogP contribution in [0.2, 0.25) is 0 Å². The average molecular weight is 348 g/mol. The van der Waals surface area contributed by atoms with E-state index in [2.05, 4.69) is 10.3 Å². The van der Waals surface area contributed by atoms with Crippen LogP contribution in [-0.4, -0.2) is 17.7 Å². The molecule has 3 aromatic rings. The van der Waals surface area contributed by atoms with Gasteiger partial charge in [0, 0.05) is 23.6 Å². The highest BCUT2D eigenvalue weighted by molar-refractivity contribution is 6.05. The van der Waals surface area contributed by atoms with Crippen LogP contribution in [-0.2, 0) is 0 Å². The van der Waals surface area contributed by atoms with Crippen LogP contribution in [0, 0.1) is 6.92 Å². The van der Waals surface area contributed by atoms with Crippen molar-refractivity contribution in [2.24, 2.45) is 0 Å². The number of nitrogens with one attached hydrogen (secondary N) is 1. The summed E-state index contributed by atoms with van der Waals surface area (Å²) in [5.74, 6) is 1.24. The van der Waals surface area contributed by atoms with Crippen molar-refractivity contribution in [3.05, 3.63) is 72.1 Å². The number of hydrogen-bond acceptors (Lipinski definition) is 4. The third-order valence-corrected chi connectivity index (χ3v) is 4.10. The number of carbonyl (C=O) groups excluding carboxylic acids is 1. The molecule has 5 heteroatoms. The predicted molar refractivity (Wildman–Crippen MR) is 102 cm³/mol. The number of nitrogens with zero attached hydrogens (tertiary/aromatic N) is 1. The van der Waals surface area contributed by atoms with Crippen molar-refractivity contribution in [1.29, 1.82) is 0 Å². The molecule has 0 aliphatic carbocycles. The molecule has 4 rings (SSSR count). The zero-order valence-corrected chi connectivity index (χ0v) is 13.7. The molecule has 0 unspecified atom stereocenters. The maximum Gasteiger partial charge on any atom is 0.257 e. The van der Waals surface area contributed by atoms with Gasteiger partial charge in [-0.3, -0.25) is 9.78 Å². The van der Waals surface area contributed by atoms with E-state index in [4.69, 9.17) is 9.47 Å². The van der Waals surface area contributed by atoms with Crippen LogP contribution in [0.1, 0.15) is 23.3 Å². The van der Waals surface area contributed by atoms with Crippen LogP contribution in [0.4, 0.5) is 5.69 Å². The van der Waals surface area contributed by atoms with Gasteiger partial charge in [0.1, 0.15) is 0 Å². The van der Waals surface area contributed by atoms with Gasteiger partial charge in [-0.25, -0.2) is 0 Å². The Balaban J connectivity index is 0.00000196. The van der Waals surface area contributed by atoms with Gasteiger partial charge in [0.05, 0.1) is 5.56 Å². The van der Waals surface area contributed by atoms with Gasteiger partial charge in [-0.05, 0) is 42.3 Å². The van der Waals surface area contributed by atoms with Gasteiger partial charge in [0.25, 0.3) is 5.91 Å². The molecule has 0 radical (unpaired) electrons. The second-order valence-corrected chi connectivity index (χ2v) is 5.80. The van der Waals surface area contributed by atoms with Crippen molar-refractivity contribution in [2.75, 3.05) is 12.1 Å². The third kappa shape index (κ3) is 3.37. The maximum absolute atomic E-state index is 12.5. The molecule has 0 fully saturated rings. The van der Waals surface area contributed by atoms with Gasteiger partial charge in [0.2, 0.25) is 6.79 Å². The number of aryl methyl sites for hydroxylation is 1. The van der Waals surface area contributed by atoms with Gasteiger partial charge in [0.15, 0.2) is 11.5 Å². The lowest BCUT2D eigenvalue weighted by atomic mass is 10.0. The number of hydrogen-bond donors (Lipinski definition) is 1. The van der Waals surface area contributed by atoms with Crippen molar-refractivity contribution in [3.8, 4) is 22.6 Å². The molecule has 1 aliphatic rings. The second kappa shape index (κ2) is 7.27. The zero-order chi connectivity index (χ0) is 17.2. The molecule has 0 saturated carbocycles. The van der Waals surface area contributed by atoms with E-state index in [0.717, 1.165) is 28.1 Å². The summed E-state index contributed by atoms with van der Waals surface area (Å²) in [4.78, 5) is 16.7. The topological polar surface area (TPSA) is 60.5 Å². The van der Waals surface area contributed by atoms with Gasteiger partial charge in [-0.1, -0.05) is 31.7 Å². The van der Waals surface area contributed by atoms with Crippen molar-refractivity contribution >= 4 is 11.6 Å². The minimum absolute atomic E-state index is 0. The summed E-state index contributed by atoms with van der Waals surface area (Å²) in [6, 6.07) is 15.2. The molecular weight excluding hydrogens is 328 g/mol. The smallest absolute Gasteiger partial charge is 0.257 e. The molecule has 1 amide bonds. The number of benzene rings is 2. The fraction of sp³-hybridized carbons (Fsp3) is 0.143. The fourth-order valence-electron chi connectivity index (χ4n) is 2.71. The summed E-state index contributed by atoms with van der Waals surface area (Å²) in [5, 5.41) is 2.92. The van der Waals surface area contributed by atoms with E-state index in [1.807, 2.05) is 55.5 Å². The van der Waals surface area contributed by atoms with Gasteiger partial charge in [-0.2, -0.15) is 0 Å². The fourth-order valence-corrected chi connectivity index (χ4v) is 2.71. The minimum Gasteiger partial charge on any atom is -0.454 e. The molecule has 5 nitrogen and oxygen atoms in total. The van der Waals surface area contributed by atoms with E-state index < -0.39 is 0 Å². The Morgan fingerprint density at radius 1 is 1.00 bits per heavy atom. The average Bonchev–Trinajstić information content (AvgIpc) is 3.11. The zero-order valence-electron chi connectivity index (χ0n) is 13.7. The molecule has 1 N–H and O–H groups in total. The number of anilines is 1. The van der Waals surface area contributed by atoms with Crippen LogP contribution in [0.3, 0.4) is 0 Å². The highest BCUT2D eigenvalue weighted by atomic mass is 16.7.